The van der Waals surface area contributed by atoms with Gasteiger partial charge in [-0.1, -0.05) is 6.07 Å². The van der Waals surface area contributed by atoms with Crippen LogP contribution in [0, 0.1) is 23.7 Å². The molecule has 4 fully saturated rings. The molecule has 0 heterocycles. The van der Waals surface area contributed by atoms with E-state index in [2.05, 4.69) is 10.6 Å². The highest BCUT2D eigenvalue weighted by atomic mass is 16.5. The highest BCUT2D eigenvalue weighted by molar-refractivity contribution is 5.74. The van der Waals surface area contributed by atoms with Crippen molar-refractivity contribution in [2.75, 3.05) is 19.8 Å². The summed E-state index contributed by atoms with van der Waals surface area (Å²) in [7, 11) is 0. The number of benzene rings is 1. The Labute approximate surface area is 168 Å². The van der Waals surface area contributed by atoms with Crippen molar-refractivity contribution in [1.82, 2.24) is 10.6 Å². The van der Waals surface area contributed by atoms with Crippen LogP contribution in [0.2, 0.25) is 0 Å². The van der Waals surface area contributed by atoms with Crippen molar-refractivity contribution in [2.45, 2.75) is 58.4 Å². The highest BCUT2D eigenvalue weighted by Gasteiger charge is 2.48. The van der Waals surface area contributed by atoms with Crippen LogP contribution in [0.4, 0.5) is 4.79 Å². The second-order valence-electron chi connectivity index (χ2n) is 8.75. The first kappa shape index (κ1) is 19.4. The molecule has 4 bridgehead atoms. The zero-order valence-corrected chi connectivity index (χ0v) is 17.2. The molecule has 0 unspecified atom stereocenters. The van der Waals surface area contributed by atoms with E-state index in [9.17, 15) is 4.79 Å². The first-order valence-electron chi connectivity index (χ1n) is 11.1. The molecule has 154 valence electrons. The third-order valence-corrected chi connectivity index (χ3v) is 6.83. The van der Waals surface area contributed by atoms with Gasteiger partial charge in [0.2, 0.25) is 0 Å². The van der Waals surface area contributed by atoms with Gasteiger partial charge in [-0.05, 0) is 93.7 Å². The van der Waals surface area contributed by atoms with Gasteiger partial charge in [0.05, 0.1) is 13.2 Å². The minimum atomic E-state index is -0.00607. The van der Waals surface area contributed by atoms with E-state index in [-0.39, 0.29) is 6.03 Å². The lowest BCUT2D eigenvalue weighted by Crippen LogP contribution is -2.57. The fourth-order valence-corrected chi connectivity index (χ4v) is 5.93. The number of carbonyl (C=O) groups is 1. The highest BCUT2D eigenvalue weighted by Crippen LogP contribution is 2.53. The van der Waals surface area contributed by atoms with Gasteiger partial charge in [-0.3, -0.25) is 0 Å². The van der Waals surface area contributed by atoms with Gasteiger partial charge < -0.3 is 20.1 Å². The molecule has 4 aliphatic carbocycles. The van der Waals surface area contributed by atoms with Crippen molar-refractivity contribution in [2.24, 2.45) is 23.7 Å². The molecular weight excluding hydrogens is 352 g/mol. The topological polar surface area (TPSA) is 59.6 Å². The SMILES string of the molecule is CCOc1ccc(CCNC(=O)NC2C3CC4CC(C3)CC2C4)cc1OCC. The molecule has 4 aliphatic rings. The van der Waals surface area contributed by atoms with Crippen molar-refractivity contribution in [3.8, 4) is 11.5 Å². The Morgan fingerprint density at radius 1 is 0.964 bits per heavy atom. The normalized spacial score (nSPS) is 30.1. The number of amides is 2. The molecule has 0 saturated heterocycles. The number of urea groups is 1. The third-order valence-electron chi connectivity index (χ3n) is 6.83. The summed E-state index contributed by atoms with van der Waals surface area (Å²) in [6.45, 7) is 5.79. The summed E-state index contributed by atoms with van der Waals surface area (Å²) >= 11 is 0. The number of hydrogen-bond donors (Lipinski definition) is 2. The van der Waals surface area contributed by atoms with Crippen molar-refractivity contribution in [1.29, 1.82) is 0 Å². The fraction of sp³-hybridized carbons (Fsp3) is 0.696. The van der Waals surface area contributed by atoms with E-state index >= 15 is 0 Å². The largest absolute Gasteiger partial charge is 0.490 e. The predicted octanol–water partition coefficient (Wildman–Crippen LogP) is 4.15. The van der Waals surface area contributed by atoms with Gasteiger partial charge in [0.1, 0.15) is 0 Å². The lowest BCUT2D eigenvalue weighted by atomic mass is 9.54. The summed E-state index contributed by atoms with van der Waals surface area (Å²) in [6, 6.07) is 6.41. The minimum Gasteiger partial charge on any atom is -0.490 e. The van der Waals surface area contributed by atoms with Crippen LogP contribution in [0.3, 0.4) is 0 Å². The van der Waals surface area contributed by atoms with Crippen LogP contribution in [0.1, 0.15) is 51.5 Å². The van der Waals surface area contributed by atoms with Gasteiger partial charge >= 0.3 is 6.03 Å². The number of carbonyl (C=O) groups excluding carboxylic acids is 1. The summed E-state index contributed by atoms with van der Waals surface area (Å²) in [5.41, 5.74) is 1.14. The number of rotatable bonds is 8. The van der Waals surface area contributed by atoms with E-state index in [1.54, 1.807) is 0 Å². The van der Waals surface area contributed by atoms with Crippen molar-refractivity contribution in [3.05, 3.63) is 23.8 Å². The minimum absolute atomic E-state index is 0.00607. The van der Waals surface area contributed by atoms with Crippen LogP contribution in [0.5, 0.6) is 11.5 Å². The van der Waals surface area contributed by atoms with Gasteiger partial charge in [-0.25, -0.2) is 4.79 Å². The van der Waals surface area contributed by atoms with E-state index in [1.165, 1.54) is 32.1 Å². The molecule has 28 heavy (non-hydrogen) atoms. The lowest BCUT2D eigenvalue weighted by molar-refractivity contribution is -0.00940. The van der Waals surface area contributed by atoms with Crippen LogP contribution in [-0.4, -0.2) is 31.8 Å². The summed E-state index contributed by atoms with van der Waals surface area (Å²) < 4.78 is 11.3. The first-order valence-corrected chi connectivity index (χ1v) is 11.1. The smallest absolute Gasteiger partial charge is 0.315 e. The Bertz CT molecular complexity index is 662. The zero-order valence-electron chi connectivity index (χ0n) is 17.2. The molecule has 2 amide bonds. The van der Waals surface area contributed by atoms with Gasteiger partial charge in [-0.15, -0.1) is 0 Å². The lowest BCUT2D eigenvalue weighted by Gasteiger charge is -2.54. The monoisotopic (exact) mass is 386 g/mol. The summed E-state index contributed by atoms with van der Waals surface area (Å²) in [5.74, 6) is 4.84. The van der Waals surface area contributed by atoms with Crippen LogP contribution in [0.25, 0.3) is 0 Å². The van der Waals surface area contributed by atoms with Gasteiger partial charge in [0.25, 0.3) is 0 Å². The maximum atomic E-state index is 12.5. The summed E-state index contributed by atoms with van der Waals surface area (Å²) in [4.78, 5) is 12.5. The molecule has 0 radical (unpaired) electrons. The van der Waals surface area contributed by atoms with E-state index in [0.29, 0.717) is 37.6 Å². The zero-order chi connectivity index (χ0) is 19.5. The van der Waals surface area contributed by atoms with Crippen LogP contribution in [0.15, 0.2) is 18.2 Å². The molecule has 0 aromatic heterocycles. The third kappa shape index (κ3) is 4.23. The van der Waals surface area contributed by atoms with Gasteiger partial charge in [0.15, 0.2) is 11.5 Å². The number of nitrogens with one attached hydrogen (secondary N) is 2. The van der Waals surface area contributed by atoms with E-state index in [4.69, 9.17) is 9.47 Å². The van der Waals surface area contributed by atoms with Crippen LogP contribution < -0.4 is 20.1 Å². The molecule has 5 heteroatoms. The number of hydrogen-bond acceptors (Lipinski definition) is 3. The Hall–Kier alpha value is -1.91. The predicted molar refractivity (Wildman–Crippen MR) is 110 cm³/mol. The Kier molecular flexibility index (Phi) is 5.98. The standard InChI is InChI=1S/C23H34N2O3/c1-3-27-20-6-5-15(14-21(20)28-4-2)7-8-24-23(26)25-22-18-10-16-9-17(12-18)13-19(22)11-16/h5-6,14,16-19,22H,3-4,7-13H2,1-2H3,(H2,24,25,26). The molecule has 1 aromatic carbocycles. The second-order valence-corrected chi connectivity index (χ2v) is 8.75. The second kappa shape index (κ2) is 8.62. The Morgan fingerprint density at radius 3 is 2.25 bits per heavy atom. The summed E-state index contributed by atoms with van der Waals surface area (Å²) in [5, 5.41) is 6.37. The van der Waals surface area contributed by atoms with E-state index in [0.717, 1.165) is 35.3 Å². The molecule has 0 aliphatic heterocycles. The quantitative estimate of drug-likeness (QED) is 0.706. The van der Waals surface area contributed by atoms with Crippen LogP contribution >= 0.6 is 0 Å². The molecule has 0 atom stereocenters. The van der Waals surface area contributed by atoms with Crippen molar-refractivity contribution in [3.63, 3.8) is 0 Å². The molecule has 4 saturated carbocycles. The average molecular weight is 387 g/mol. The fourth-order valence-electron chi connectivity index (χ4n) is 5.93. The maximum Gasteiger partial charge on any atom is 0.315 e. The van der Waals surface area contributed by atoms with E-state index in [1.807, 2.05) is 32.0 Å². The Morgan fingerprint density at radius 2 is 1.61 bits per heavy atom. The van der Waals surface area contributed by atoms with Crippen LogP contribution in [-0.2, 0) is 6.42 Å². The van der Waals surface area contributed by atoms with Crippen molar-refractivity contribution >= 4 is 6.03 Å². The van der Waals surface area contributed by atoms with Crippen molar-refractivity contribution < 1.29 is 14.3 Å². The molecule has 5 nitrogen and oxygen atoms in total. The first-order chi connectivity index (χ1) is 13.7. The molecule has 5 rings (SSSR count). The molecular formula is C23H34N2O3. The molecule has 2 N–H and O–H groups in total. The molecule has 0 spiro atoms. The molecule has 1 aromatic rings. The summed E-state index contributed by atoms with van der Waals surface area (Å²) in [6.07, 6.45) is 7.52. The maximum absolute atomic E-state index is 12.5. The average Bonchev–Trinajstić information content (AvgIpc) is 2.66. The number of ether oxygens (including phenoxy) is 2. The van der Waals surface area contributed by atoms with E-state index < -0.39 is 0 Å². The van der Waals surface area contributed by atoms with Gasteiger partial charge in [0, 0.05) is 12.6 Å². The van der Waals surface area contributed by atoms with Gasteiger partial charge in [-0.2, -0.15) is 0 Å². The Balaban J connectivity index is 1.26.